The molecule has 0 amide bonds. The number of nitrogens with zero attached hydrogens (tertiary/aromatic N) is 1. The Morgan fingerprint density at radius 1 is 1.33 bits per heavy atom. The van der Waals surface area contributed by atoms with Gasteiger partial charge in [-0.15, -0.1) is 0 Å². The molecule has 0 rings (SSSR count). The molecule has 0 aromatic carbocycles. The molecule has 0 unspecified atom stereocenters. The van der Waals surface area contributed by atoms with Crippen LogP contribution in [-0.4, -0.2) is 14.7 Å². The molecule has 0 aromatic rings. The first-order chi connectivity index (χ1) is 5.38. The molecular weight excluding hydrogens is 174 g/mol. The van der Waals surface area contributed by atoms with Crippen LogP contribution in [0.1, 0.15) is 13.8 Å². The van der Waals surface area contributed by atoms with Gasteiger partial charge in [-0.25, -0.2) is 8.42 Å². The number of hydrogen-bond acceptors (Lipinski definition) is 3. The van der Waals surface area contributed by atoms with E-state index >= 15 is 0 Å². The average molecular weight is 185 g/mol. The molecule has 66 valence electrons. The first-order valence-electron chi connectivity index (χ1n) is 3.33. The minimum atomic E-state index is -3.10. The van der Waals surface area contributed by atoms with Crippen molar-refractivity contribution < 1.29 is 8.42 Å². The van der Waals surface area contributed by atoms with Crippen molar-refractivity contribution >= 4 is 9.84 Å². The molecule has 0 spiro atoms. The highest BCUT2D eigenvalue weighted by Crippen LogP contribution is 2.03. The van der Waals surface area contributed by atoms with Crippen LogP contribution in [0.4, 0.5) is 0 Å². The Morgan fingerprint density at radius 2 is 1.83 bits per heavy atom. The van der Waals surface area contributed by atoms with Crippen molar-refractivity contribution in [3.63, 3.8) is 0 Å². The Labute approximate surface area is 72.9 Å². The average Bonchev–Trinajstić information content (AvgIpc) is 1.97. The number of hydrogen-bond donors (Lipinski definition) is 0. The first kappa shape index (κ1) is 10.9. The van der Waals surface area contributed by atoms with Crippen molar-refractivity contribution in [2.75, 3.05) is 6.26 Å². The third-order valence-electron chi connectivity index (χ3n) is 1.33. The van der Waals surface area contributed by atoms with Gasteiger partial charge in [-0.3, -0.25) is 0 Å². The van der Waals surface area contributed by atoms with E-state index in [0.717, 1.165) is 6.26 Å². The molecule has 0 saturated heterocycles. The van der Waals surface area contributed by atoms with Gasteiger partial charge in [0.05, 0.1) is 6.07 Å². The third kappa shape index (κ3) is 3.94. The van der Waals surface area contributed by atoms with E-state index in [-0.39, 0.29) is 4.91 Å². The predicted octanol–water partition coefficient (Wildman–Crippen LogP) is 1.40. The molecule has 0 aromatic heterocycles. The van der Waals surface area contributed by atoms with Crippen molar-refractivity contribution in [3.05, 3.63) is 22.6 Å². The molecule has 0 aliphatic carbocycles. The van der Waals surface area contributed by atoms with E-state index in [0.29, 0.717) is 5.57 Å². The molecule has 0 radical (unpaired) electrons. The Bertz CT molecular complexity index is 355. The summed E-state index contributed by atoms with van der Waals surface area (Å²) in [6.07, 6.45) is 4.04. The van der Waals surface area contributed by atoms with Crippen molar-refractivity contribution in [3.8, 4) is 6.07 Å². The van der Waals surface area contributed by atoms with E-state index in [1.165, 1.54) is 19.1 Å². The van der Waals surface area contributed by atoms with Gasteiger partial charge in [0.15, 0.2) is 9.84 Å². The van der Waals surface area contributed by atoms with Crippen LogP contribution in [0.2, 0.25) is 0 Å². The van der Waals surface area contributed by atoms with Gasteiger partial charge in [-0.2, -0.15) is 5.26 Å². The van der Waals surface area contributed by atoms with Crippen LogP contribution < -0.4 is 0 Å². The topological polar surface area (TPSA) is 57.9 Å². The van der Waals surface area contributed by atoms with E-state index in [2.05, 4.69) is 0 Å². The Morgan fingerprint density at radius 3 is 2.17 bits per heavy atom. The third-order valence-corrected chi connectivity index (χ3v) is 2.64. The van der Waals surface area contributed by atoms with Crippen LogP contribution in [0.15, 0.2) is 22.6 Å². The lowest BCUT2D eigenvalue weighted by Crippen LogP contribution is -1.96. The summed E-state index contributed by atoms with van der Waals surface area (Å²) < 4.78 is 21.7. The second-order valence-electron chi connectivity index (χ2n) is 2.51. The number of sulfone groups is 1. The Kier molecular flexibility index (Phi) is 3.71. The zero-order chi connectivity index (χ0) is 9.78. The van der Waals surface area contributed by atoms with E-state index in [1.807, 2.05) is 6.07 Å². The summed E-state index contributed by atoms with van der Waals surface area (Å²) >= 11 is 0. The maximum absolute atomic E-state index is 10.9. The standard InChI is InChI=1S/C8H11NO2S/c1-7(6-9)4-5-8(2)12(3,10)11/h4-5H,1-3H3/b7-4+,8-5+. The summed E-state index contributed by atoms with van der Waals surface area (Å²) in [5.74, 6) is 0. The lowest BCUT2D eigenvalue weighted by Gasteiger charge is -1.93. The van der Waals surface area contributed by atoms with Crippen molar-refractivity contribution in [2.45, 2.75) is 13.8 Å². The largest absolute Gasteiger partial charge is 0.224 e. The second-order valence-corrected chi connectivity index (χ2v) is 4.70. The predicted molar refractivity (Wildman–Crippen MR) is 48.0 cm³/mol. The van der Waals surface area contributed by atoms with Gasteiger partial charge in [-0.05, 0) is 26.0 Å². The SMILES string of the molecule is C/C(C#N)=C\C=C(/C)S(C)(=O)=O. The monoisotopic (exact) mass is 185 g/mol. The maximum Gasteiger partial charge on any atom is 0.171 e. The molecule has 3 nitrogen and oxygen atoms in total. The lowest BCUT2D eigenvalue weighted by molar-refractivity contribution is 0.607. The summed E-state index contributed by atoms with van der Waals surface area (Å²) in [6, 6.07) is 1.89. The Balaban J connectivity index is 4.77. The summed E-state index contributed by atoms with van der Waals surface area (Å²) in [5.41, 5.74) is 0.484. The molecule has 0 N–H and O–H groups in total. The van der Waals surface area contributed by atoms with Crippen LogP contribution in [-0.2, 0) is 9.84 Å². The van der Waals surface area contributed by atoms with Crippen LogP contribution >= 0.6 is 0 Å². The van der Waals surface area contributed by atoms with Crippen LogP contribution in [0, 0.1) is 11.3 Å². The summed E-state index contributed by atoms with van der Waals surface area (Å²) in [7, 11) is -3.10. The number of nitriles is 1. The van der Waals surface area contributed by atoms with Gasteiger partial charge in [-0.1, -0.05) is 0 Å². The fraction of sp³-hybridized carbons (Fsp3) is 0.375. The van der Waals surface area contributed by atoms with Crippen molar-refractivity contribution in [1.29, 1.82) is 5.26 Å². The van der Waals surface area contributed by atoms with Crippen LogP contribution in [0.5, 0.6) is 0 Å². The van der Waals surface area contributed by atoms with Gasteiger partial charge in [0.2, 0.25) is 0 Å². The first-order valence-corrected chi connectivity index (χ1v) is 5.22. The molecule has 0 aliphatic rings. The lowest BCUT2D eigenvalue weighted by atomic mass is 10.3. The van der Waals surface area contributed by atoms with E-state index < -0.39 is 9.84 Å². The van der Waals surface area contributed by atoms with Gasteiger partial charge in [0, 0.05) is 16.7 Å². The van der Waals surface area contributed by atoms with Crippen molar-refractivity contribution in [1.82, 2.24) is 0 Å². The van der Waals surface area contributed by atoms with E-state index in [1.54, 1.807) is 6.92 Å². The molecule has 12 heavy (non-hydrogen) atoms. The van der Waals surface area contributed by atoms with Gasteiger partial charge >= 0.3 is 0 Å². The number of rotatable bonds is 2. The van der Waals surface area contributed by atoms with Crippen LogP contribution in [0.25, 0.3) is 0 Å². The fourth-order valence-corrected chi connectivity index (χ4v) is 0.718. The smallest absolute Gasteiger partial charge is 0.171 e. The second kappa shape index (κ2) is 4.07. The van der Waals surface area contributed by atoms with Gasteiger partial charge in [0.25, 0.3) is 0 Å². The number of allylic oxidation sites excluding steroid dienone is 4. The summed E-state index contributed by atoms with van der Waals surface area (Å²) in [4.78, 5) is 0.261. The zero-order valence-corrected chi connectivity index (χ0v) is 8.14. The van der Waals surface area contributed by atoms with Crippen LogP contribution in [0.3, 0.4) is 0 Å². The fourth-order valence-electron chi connectivity index (χ4n) is 0.403. The molecule has 0 heterocycles. The zero-order valence-electron chi connectivity index (χ0n) is 7.33. The van der Waals surface area contributed by atoms with Gasteiger partial charge in [0.1, 0.15) is 0 Å². The van der Waals surface area contributed by atoms with Gasteiger partial charge < -0.3 is 0 Å². The highest BCUT2D eigenvalue weighted by Gasteiger charge is 2.02. The quantitative estimate of drug-likeness (QED) is 0.482. The molecule has 0 aliphatic heterocycles. The summed E-state index contributed by atoms with van der Waals surface area (Å²) in [5, 5.41) is 8.35. The molecule has 4 heteroatoms. The highest BCUT2D eigenvalue weighted by molar-refractivity contribution is 7.94. The molecule has 0 atom stereocenters. The molecule has 0 fully saturated rings. The minimum absolute atomic E-state index is 0.261. The highest BCUT2D eigenvalue weighted by atomic mass is 32.2. The normalized spacial score (nSPS) is 14.2. The van der Waals surface area contributed by atoms with E-state index in [9.17, 15) is 8.42 Å². The van der Waals surface area contributed by atoms with Crippen molar-refractivity contribution in [2.24, 2.45) is 0 Å². The molecular formula is C8H11NO2S. The van der Waals surface area contributed by atoms with E-state index in [4.69, 9.17) is 5.26 Å². The maximum atomic E-state index is 10.9. The molecule has 0 bridgehead atoms. The Hall–Kier alpha value is -1.08. The minimum Gasteiger partial charge on any atom is -0.224 e. The summed E-state index contributed by atoms with van der Waals surface area (Å²) in [6.45, 7) is 3.11. The molecule has 0 saturated carbocycles.